The van der Waals surface area contributed by atoms with Gasteiger partial charge in [0, 0.05) is 11.6 Å². The van der Waals surface area contributed by atoms with Crippen molar-refractivity contribution in [1.82, 2.24) is 9.55 Å². The lowest BCUT2D eigenvalue weighted by Crippen LogP contribution is -2.13. The van der Waals surface area contributed by atoms with E-state index in [9.17, 15) is 0 Å². The SMILES string of the molecule is CCCn1c(C(C)N)nc2cc(Cl)ccc21. The number of aryl methyl sites for hydroxylation is 1. The summed E-state index contributed by atoms with van der Waals surface area (Å²) in [7, 11) is 0. The molecule has 2 aromatic rings. The van der Waals surface area contributed by atoms with Crippen molar-refractivity contribution in [1.29, 1.82) is 0 Å². The Morgan fingerprint density at radius 2 is 2.25 bits per heavy atom. The molecule has 0 aliphatic carbocycles. The lowest BCUT2D eigenvalue weighted by Gasteiger charge is -2.09. The minimum Gasteiger partial charge on any atom is -0.327 e. The van der Waals surface area contributed by atoms with E-state index in [-0.39, 0.29) is 6.04 Å². The van der Waals surface area contributed by atoms with Crippen LogP contribution in [0, 0.1) is 0 Å². The molecule has 1 aromatic carbocycles. The Labute approximate surface area is 100 Å². The van der Waals surface area contributed by atoms with Crippen LogP contribution in [0.3, 0.4) is 0 Å². The number of benzene rings is 1. The zero-order chi connectivity index (χ0) is 11.7. The summed E-state index contributed by atoms with van der Waals surface area (Å²) in [5.74, 6) is 0.930. The van der Waals surface area contributed by atoms with Crippen molar-refractivity contribution in [2.24, 2.45) is 5.73 Å². The Bertz CT molecular complexity index is 502. The van der Waals surface area contributed by atoms with Crippen LogP contribution in [0.25, 0.3) is 11.0 Å². The summed E-state index contributed by atoms with van der Waals surface area (Å²) in [6.45, 7) is 5.04. The molecule has 2 N–H and O–H groups in total. The van der Waals surface area contributed by atoms with Gasteiger partial charge in [0.25, 0.3) is 0 Å². The van der Waals surface area contributed by atoms with Gasteiger partial charge >= 0.3 is 0 Å². The molecule has 86 valence electrons. The van der Waals surface area contributed by atoms with Crippen LogP contribution in [0.4, 0.5) is 0 Å². The van der Waals surface area contributed by atoms with Gasteiger partial charge in [-0.25, -0.2) is 4.98 Å². The molecule has 1 atom stereocenters. The van der Waals surface area contributed by atoms with Crippen molar-refractivity contribution in [3.05, 3.63) is 29.0 Å². The second-order valence-corrected chi connectivity index (χ2v) is 4.48. The smallest absolute Gasteiger partial charge is 0.126 e. The Morgan fingerprint density at radius 3 is 2.88 bits per heavy atom. The van der Waals surface area contributed by atoms with Gasteiger partial charge in [-0.15, -0.1) is 0 Å². The van der Waals surface area contributed by atoms with Crippen LogP contribution in [0.15, 0.2) is 18.2 Å². The van der Waals surface area contributed by atoms with Gasteiger partial charge < -0.3 is 10.3 Å². The molecule has 3 nitrogen and oxygen atoms in total. The second kappa shape index (κ2) is 4.44. The molecule has 0 bridgehead atoms. The summed E-state index contributed by atoms with van der Waals surface area (Å²) in [5.41, 5.74) is 7.96. The Kier molecular flexibility index (Phi) is 3.17. The number of aromatic nitrogens is 2. The molecule has 16 heavy (non-hydrogen) atoms. The Morgan fingerprint density at radius 1 is 1.50 bits per heavy atom. The van der Waals surface area contributed by atoms with Gasteiger partial charge in [-0.3, -0.25) is 0 Å². The molecule has 1 heterocycles. The highest BCUT2D eigenvalue weighted by molar-refractivity contribution is 6.31. The summed E-state index contributed by atoms with van der Waals surface area (Å²) in [6.07, 6.45) is 1.06. The summed E-state index contributed by atoms with van der Waals surface area (Å²) in [5, 5.41) is 0.713. The van der Waals surface area contributed by atoms with Gasteiger partial charge in [0.05, 0.1) is 17.1 Å². The zero-order valence-electron chi connectivity index (χ0n) is 9.57. The molecule has 1 unspecified atom stereocenters. The molecule has 2 rings (SSSR count). The summed E-state index contributed by atoms with van der Waals surface area (Å²) in [4.78, 5) is 4.55. The van der Waals surface area contributed by atoms with Crippen LogP contribution in [0.1, 0.15) is 32.1 Å². The van der Waals surface area contributed by atoms with Crippen LogP contribution in [-0.2, 0) is 6.54 Å². The van der Waals surface area contributed by atoms with Gasteiger partial charge in [0.2, 0.25) is 0 Å². The van der Waals surface area contributed by atoms with E-state index in [4.69, 9.17) is 17.3 Å². The molecular weight excluding hydrogens is 222 g/mol. The van der Waals surface area contributed by atoms with E-state index in [1.807, 2.05) is 25.1 Å². The molecule has 0 aliphatic heterocycles. The second-order valence-electron chi connectivity index (χ2n) is 4.04. The quantitative estimate of drug-likeness (QED) is 0.892. The first-order valence-electron chi connectivity index (χ1n) is 5.54. The lowest BCUT2D eigenvalue weighted by atomic mass is 10.3. The minimum absolute atomic E-state index is 0.0577. The maximum Gasteiger partial charge on any atom is 0.126 e. The summed E-state index contributed by atoms with van der Waals surface area (Å²) in [6, 6.07) is 5.72. The average molecular weight is 238 g/mol. The largest absolute Gasteiger partial charge is 0.327 e. The van der Waals surface area contributed by atoms with Crippen LogP contribution >= 0.6 is 11.6 Å². The van der Waals surface area contributed by atoms with Gasteiger partial charge in [-0.05, 0) is 31.5 Å². The highest BCUT2D eigenvalue weighted by Crippen LogP contribution is 2.23. The van der Waals surface area contributed by atoms with Crippen LogP contribution in [-0.4, -0.2) is 9.55 Å². The average Bonchev–Trinajstić information content (AvgIpc) is 2.57. The van der Waals surface area contributed by atoms with Crippen LogP contribution < -0.4 is 5.73 Å². The Balaban J connectivity index is 2.65. The molecule has 0 aliphatic rings. The molecule has 0 radical (unpaired) electrons. The number of halogens is 1. The minimum atomic E-state index is -0.0577. The standard InChI is InChI=1S/C12H16ClN3/c1-3-6-16-11-5-4-9(13)7-10(11)15-12(16)8(2)14/h4-5,7-8H,3,6,14H2,1-2H3. The van der Waals surface area contributed by atoms with Crippen LogP contribution in [0.5, 0.6) is 0 Å². The van der Waals surface area contributed by atoms with Gasteiger partial charge in [-0.2, -0.15) is 0 Å². The Hall–Kier alpha value is -1.06. The molecule has 0 fully saturated rings. The first kappa shape index (κ1) is 11.4. The molecule has 4 heteroatoms. The molecule has 0 spiro atoms. The van der Waals surface area contributed by atoms with Crippen molar-refractivity contribution >= 4 is 22.6 Å². The van der Waals surface area contributed by atoms with Crippen molar-refractivity contribution < 1.29 is 0 Å². The van der Waals surface area contributed by atoms with Crippen LogP contribution in [0.2, 0.25) is 5.02 Å². The molecule has 0 amide bonds. The summed E-state index contributed by atoms with van der Waals surface area (Å²) >= 11 is 5.96. The summed E-state index contributed by atoms with van der Waals surface area (Å²) < 4.78 is 2.18. The van der Waals surface area contributed by atoms with E-state index >= 15 is 0 Å². The monoisotopic (exact) mass is 237 g/mol. The van der Waals surface area contributed by atoms with E-state index in [0.29, 0.717) is 5.02 Å². The maximum absolute atomic E-state index is 5.96. The predicted octanol–water partition coefficient (Wildman–Crippen LogP) is 3.12. The fraction of sp³-hybridized carbons (Fsp3) is 0.417. The number of nitrogens with two attached hydrogens (primary N) is 1. The first-order chi connectivity index (χ1) is 7.63. The fourth-order valence-corrected chi connectivity index (χ4v) is 2.09. The fourth-order valence-electron chi connectivity index (χ4n) is 1.93. The van der Waals surface area contributed by atoms with Crippen molar-refractivity contribution in [2.75, 3.05) is 0 Å². The first-order valence-corrected chi connectivity index (χ1v) is 5.92. The van der Waals surface area contributed by atoms with E-state index in [0.717, 1.165) is 29.8 Å². The lowest BCUT2D eigenvalue weighted by molar-refractivity contribution is 0.613. The number of nitrogens with zero attached hydrogens (tertiary/aromatic N) is 2. The normalized spacial score (nSPS) is 13.2. The number of fused-ring (bicyclic) bond motifs is 1. The molecule has 0 saturated heterocycles. The number of rotatable bonds is 3. The van der Waals surface area contributed by atoms with Gasteiger partial charge in [-0.1, -0.05) is 18.5 Å². The third kappa shape index (κ3) is 1.93. The molecule has 0 saturated carbocycles. The number of imidazole rings is 1. The van der Waals surface area contributed by atoms with E-state index in [2.05, 4.69) is 16.5 Å². The highest BCUT2D eigenvalue weighted by atomic mass is 35.5. The molecule has 1 aromatic heterocycles. The predicted molar refractivity (Wildman–Crippen MR) is 67.6 cm³/mol. The van der Waals surface area contributed by atoms with Crippen molar-refractivity contribution in [3.63, 3.8) is 0 Å². The van der Waals surface area contributed by atoms with Gasteiger partial charge in [0.1, 0.15) is 5.82 Å². The van der Waals surface area contributed by atoms with Crippen molar-refractivity contribution in [3.8, 4) is 0 Å². The van der Waals surface area contributed by atoms with E-state index in [1.165, 1.54) is 0 Å². The number of hydrogen-bond donors (Lipinski definition) is 1. The zero-order valence-corrected chi connectivity index (χ0v) is 10.3. The third-order valence-corrected chi connectivity index (χ3v) is 2.83. The number of hydrogen-bond acceptors (Lipinski definition) is 2. The van der Waals surface area contributed by atoms with E-state index < -0.39 is 0 Å². The maximum atomic E-state index is 5.96. The van der Waals surface area contributed by atoms with Crippen molar-refractivity contribution in [2.45, 2.75) is 32.9 Å². The highest BCUT2D eigenvalue weighted by Gasteiger charge is 2.13. The van der Waals surface area contributed by atoms with E-state index in [1.54, 1.807) is 0 Å². The molecular formula is C12H16ClN3. The topological polar surface area (TPSA) is 43.8 Å². The van der Waals surface area contributed by atoms with Gasteiger partial charge in [0.15, 0.2) is 0 Å². The third-order valence-electron chi connectivity index (χ3n) is 2.59.